The van der Waals surface area contributed by atoms with Crippen molar-refractivity contribution in [3.8, 4) is 0 Å². The minimum absolute atomic E-state index is 0.958. The molecule has 0 saturated carbocycles. The summed E-state index contributed by atoms with van der Waals surface area (Å²) < 4.78 is 1.15. The van der Waals surface area contributed by atoms with E-state index >= 15 is 0 Å². The largest absolute Gasteiger partial charge is 0.252 e. The average Bonchev–Trinajstić information content (AvgIpc) is 2.68. The Balaban J connectivity index is 2.31. The molecule has 1 aliphatic carbocycles. The first-order valence-corrected chi connectivity index (χ1v) is 6.37. The number of allylic oxidation sites excluding steroid dienone is 4. The van der Waals surface area contributed by atoms with Gasteiger partial charge in [-0.05, 0) is 24.1 Å². The van der Waals surface area contributed by atoms with E-state index in [9.17, 15) is 0 Å². The molecule has 1 aliphatic heterocycles. The Bertz CT molecular complexity index is 550. The van der Waals surface area contributed by atoms with Crippen molar-refractivity contribution in [2.45, 2.75) is 19.8 Å². The summed E-state index contributed by atoms with van der Waals surface area (Å²) in [5, 5.41) is 0. The standard InChI is InChI=1S/C14H12BrN/c1-2-9-5-3-7-11-13(9)14-10(15)6-4-8-12(14)16-11/h3-6,8H,2,7H2,1H3. The van der Waals surface area contributed by atoms with Crippen LogP contribution in [0.2, 0.25) is 0 Å². The SMILES string of the molecule is CCC1=C2C(=Nc3cccc(Br)c32)CC=C1. The molecule has 0 bridgehead atoms. The second kappa shape index (κ2) is 3.70. The van der Waals surface area contributed by atoms with Crippen LogP contribution < -0.4 is 0 Å². The number of benzene rings is 1. The zero-order chi connectivity index (χ0) is 11.1. The van der Waals surface area contributed by atoms with E-state index in [1.165, 1.54) is 22.4 Å². The average molecular weight is 274 g/mol. The first-order chi connectivity index (χ1) is 7.81. The van der Waals surface area contributed by atoms with E-state index in [0.29, 0.717) is 0 Å². The Kier molecular flexibility index (Phi) is 2.32. The molecule has 0 fully saturated rings. The number of halogens is 1. The van der Waals surface area contributed by atoms with Crippen LogP contribution in [-0.2, 0) is 0 Å². The maximum absolute atomic E-state index is 4.71. The molecule has 2 aliphatic rings. The summed E-state index contributed by atoms with van der Waals surface area (Å²) in [4.78, 5) is 4.71. The topological polar surface area (TPSA) is 12.4 Å². The first-order valence-electron chi connectivity index (χ1n) is 5.57. The van der Waals surface area contributed by atoms with Crippen molar-refractivity contribution in [2.24, 2.45) is 4.99 Å². The predicted octanol–water partition coefficient (Wildman–Crippen LogP) is 4.66. The van der Waals surface area contributed by atoms with E-state index < -0.39 is 0 Å². The molecule has 1 nitrogen and oxygen atoms in total. The van der Waals surface area contributed by atoms with Gasteiger partial charge < -0.3 is 0 Å². The van der Waals surface area contributed by atoms with Gasteiger partial charge in [0.25, 0.3) is 0 Å². The molecule has 0 aromatic heterocycles. The smallest absolute Gasteiger partial charge is 0.0723 e. The Morgan fingerprint density at radius 1 is 1.38 bits per heavy atom. The molecule has 0 spiro atoms. The van der Waals surface area contributed by atoms with Gasteiger partial charge in [0.05, 0.1) is 11.4 Å². The molecule has 0 amide bonds. The Hall–Kier alpha value is -1.15. The third kappa shape index (κ3) is 1.33. The summed E-state index contributed by atoms with van der Waals surface area (Å²) in [6.45, 7) is 2.20. The summed E-state index contributed by atoms with van der Waals surface area (Å²) in [7, 11) is 0. The van der Waals surface area contributed by atoms with E-state index in [4.69, 9.17) is 4.99 Å². The monoisotopic (exact) mass is 273 g/mol. The highest BCUT2D eigenvalue weighted by atomic mass is 79.9. The van der Waals surface area contributed by atoms with Gasteiger partial charge in [-0.1, -0.05) is 41.1 Å². The maximum atomic E-state index is 4.71. The molecule has 1 heterocycles. The quantitative estimate of drug-likeness (QED) is 0.706. The van der Waals surface area contributed by atoms with Crippen LogP contribution in [0.15, 0.2) is 45.4 Å². The third-order valence-corrected chi connectivity index (χ3v) is 3.78. The van der Waals surface area contributed by atoms with E-state index in [1.807, 2.05) is 6.07 Å². The zero-order valence-electron chi connectivity index (χ0n) is 9.13. The maximum Gasteiger partial charge on any atom is 0.0723 e. The van der Waals surface area contributed by atoms with Crippen molar-refractivity contribution in [3.05, 3.63) is 46.0 Å². The van der Waals surface area contributed by atoms with Gasteiger partial charge in [0.2, 0.25) is 0 Å². The minimum atomic E-state index is 0.958. The molecule has 0 radical (unpaired) electrons. The Morgan fingerprint density at radius 3 is 3.06 bits per heavy atom. The lowest BCUT2D eigenvalue weighted by atomic mass is 9.90. The summed E-state index contributed by atoms with van der Waals surface area (Å²) in [6.07, 6.45) is 6.47. The molecular weight excluding hydrogens is 262 g/mol. The highest BCUT2D eigenvalue weighted by Crippen LogP contribution is 2.44. The molecular formula is C14H12BrN. The summed E-state index contributed by atoms with van der Waals surface area (Å²) in [5.41, 5.74) is 6.36. The van der Waals surface area contributed by atoms with Gasteiger partial charge in [-0.3, -0.25) is 4.99 Å². The van der Waals surface area contributed by atoms with Crippen molar-refractivity contribution in [3.63, 3.8) is 0 Å². The van der Waals surface area contributed by atoms with Crippen LogP contribution in [0, 0.1) is 0 Å². The predicted molar refractivity (Wildman–Crippen MR) is 72.2 cm³/mol. The summed E-state index contributed by atoms with van der Waals surface area (Å²) in [5.74, 6) is 0. The molecule has 0 atom stereocenters. The first kappa shape index (κ1) is 10.0. The third-order valence-electron chi connectivity index (χ3n) is 3.12. The van der Waals surface area contributed by atoms with Crippen LogP contribution in [0.5, 0.6) is 0 Å². The van der Waals surface area contributed by atoms with Gasteiger partial charge in [0, 0.05) is 22.0 Å². The molecule has 1 aromatic carbocycles. The van der Waals surface area contributed by atoms with E-state index in [2.05, 4.69) is 47.1 Å². The lowest BCUT2D eigenvalue weighted by Crippen LogP contribution is -2.03. The Morgan fingerprint density at radius 2 is 2.25 bits per heavy atom. The number of rotatable bonds is 1. The second-order valence-corrected chi connectivity index (χ2v) is 4.91. The summed E-state index contributed by atoms with van der Waals surface area (Å²) in [6, 6.07) is 6.23. The number of fused-ring (bicyclic) bond motifs is 3. The van der Waals surface area contributed by atoms with Crippen LogP contribution in [0.1, 0.15) is 25.3 Å². The molecule has 16 heavy (non-hydrogen) atoms. The van der Waals surface area contributed by atoms with Crippen LogP contribution >= 0.6 is 15.9 Å². The van der Waals surface area contributed by atoms with Gasteiger partial charge in [0.15, 0.2) is 0 Å². The number of aliphatic imine (C=N–C) groups is 1. The fraction of sp³-hybridized carbons (Fsp3) is 0.214. The van der Waals surface area contributed by atoms with Gasteiger partial charge in [-0.15, -0.1) is 0 Å². The van der Waals surface area contributed by atoms with E-state index in [1.54, 1.807) is 0 Å². The van der Waals surface area contributed by atoms with Gasteiger partial charge >= 0.3 is 0 Å². The van der Waals surface area contributed by atoms with Crippen LogP contribution in [0.4, 0.5) is 5.69 Å². The van der Waals surface area contributed by atoms with E-state index in [0.717, 1.165) is 23.0 Å². The van der Waals surface area contributed by atoms with Crippen molar-refractivity contribution in [2.75, 3.05) is 0 Å². The van der Waals surface area contributed by atoms with Gasteiger partial charge in [-0.25, -0.2) is 0 Å². The second-order valence-electron chi connectivity index (χ2n) is 4.05. The van der Waals surface area contributed by atoms with Gasteiger partial charge in [-0.2, -0.15) is 0 Å². The zero-order valence-corrected chi connectivity index (χ0v) is 10.7. The highest BCUT2D eigenvalue weighted by molar-refractivity contribution is 9.10. The van der Waals surface area contributed by atoms with Crippen LogP contribution in [0.25, 0.3) is 5.57 Å². The highest BCUT2D eigenvalue weighted by Gasteiger charge is 2.25. The fourth-order valence-electron chi connectivity index (χ4n) is 2.38. The number of nitrogens with zero attached hydrogens (tertiary/aromatic N) is 1. The van der Waals surface area contributed by atoms with E-state index in [-0.39, 0.29) is 0 Å². The lowest BCUT2D eigenvalue weighted by Gasteiger charge is -2.13. The molecule has 1 aromatic rings. The van der Waals surface area contributed by atoms with Crippen molar-refractivity contribution < 1.29 is 0 Å². The minimum Gasteiger partial charge on any atom is -0.252 e. The van der Waals surface area contributed by atoms with Crippen molar-refractivity contribution in [1.82, 2.24) is 0 Å². The number of hydrogen-bond donors (Lipinski definition) is 0. The van der Waals surface area contributed by atoms with Crippen molar-refractivity contribution >= 4 is 32.9 Å². The molecule has 2 heteroatoms. The van der Waals surface area contributed by atoms with Crippen LogP contribution in [0.3, 0.4) is 0 Å². The van der Waals surface area contributed by atoms with Crippen molar-refractivity contribution in [1.29, 1.82) is 0 Å². The van der Waals surface area contributed by atoms with Crippen LogP contribution in [-0.4, -0.2) is 5.71 Å². The Labute approximate surface area is 104 Å². The summed E-state index contributed by atoms with van der Waals surface area (Å²) >= 11 is 3.63. The lowest BCUT2D eigenvalue weighted by molar-refractivity contribution is 1.14. The molecule has 0 N–H and O–H groups in total. The van der Waals surface area contributed by atoms with Gasteiger partial charge in [0.1, 0.15) is 0 Å². The molecule has 0 unspecified atom stereocenters. The number of hydrogen-bond acceptors (Lipinski definition) is 1. The molecule has 80 valence electrons. The normalized spacial score (nSPS) is 17.2. The molecule has 0 saturated heterocycles. The molecule has 3 rings (SSSR count). The fourth-order valence-corrected chi connectivity index (χ4v) is 2.94.